The minimum atomic E-state index is -0.00480. The number of halogens is 2. The fourth-order valence-corrected chi connectivity index (χ4v) is 1.63. The molecule has 0 unspecified atom stereocenters. The van der Waals surface area contributed by atoms with E-state index in [-0.39, 0.29) is 18.2 Å². The van der Waals surface area contributed by atoms with Crippen LogP contribution in [0.3, 0.4) is 0 Å². The van der Waals surface area contributed by atoms with Gasteiger partial charge in [-0.25, -0.2) is 4.98 Å². The molecule has 0 aliphatic heterocycles. The number of fused-ring (bicyclic) bond motifs is 1. The number of pyridine rings is 1. The lowest BCUT2D eigenvalue weighted by Gasteiger charge is -2.01. The van der Waals surface area contributed by atoms with E-state index in [1.807, 2.05) is 24.3 Å². The van der Waals surface area contributed by atoms with E-state index >= 15 is 0 Å². The molecule has 0 aliphatic carbocycles. The summed E-state index contributed by atoms with van der Waals surface area (Å²) in [7, 11) is 0. The minimum Gasteiger partial charge on any atom is -0.382 e. The second-order valence-electron chi connectivity index (χ2n) is 2.95. The largest absolute Gasteiger partial charge is 0.382 e. The van der Waals surface area contributed by atoms with Gasteiger partial charge in [-0.15, -0.1) is 12.4 Å². The van der Waals surface area contributed by atoms with Gasteiger partial charge in [0.2, 0.25) is 0 Å². The van der Waals surface area contributed by atoms with Crippen LogP contribution in [0.15, 0.2) is 34.8 Å². The first-order valence-electron chi connectivity index (χ1n) is 4.07. The van der Waals surface area contributed by atoms with Gasteiger partial charge in [-0.2, -0.15) is 0 Å². The first kappa shape index (κ1) is 11.9. The van der Waals surface area contributed by atoms with Crippen molar-refractivity contribution >= 4 is 45.1 Å². The van der Waals surface area contributed by atoms with Crippen molar-refractivity contribution in [1.29, 1.82) is 5.41 Å². The summed E-state index contributed by atoms with van der Waals surface area (Å²) < 4.78 is 1.02. The van der Waals surface area contributed by atoms with E-state index < -0.39 is 0 Å². The Morgan fingerprint density at radius 3 is 2.67 bits per heavy atom. The van der Waals surface area contributed by atoms with E-state index in [0.29, 0.717) is 5.69 Å². The summed E-state index contributed by atoms with van der Waals surface area (Å²) >= 11 is 3.39. The second kappa shape index (κ2) is 4.59. The highest BCUT2D eigenvalue weighted by Gasteiger charge is 2.00. The van der Waals surface area contributed by atoms with Crippen molar-refractivity contribution in [3.8, 4) is 0 Å². The molecule has 0 fully saturated rings. The Balaban J connectivity index is 0.00000112. The summed E-state index contributed by atoms with van der Waals surface area (Å²) in [6, 6.07) is 9.44. The summed E-state index contributed by atoms with van der Waals surface area (Å²) in [6.45, 7) is 0. The number of nitrogens with zero attached hydrogens (tertiary/aromatic N) is 1. The molecule has 3 N–H and O–H groups in total. The monoisotopic (exact) mass is 285 g/mol. The quantitative estimate of drug-likeness (QED) is 0.625. The number of hydrogen-bond acceptors (Lipinski definition) is 2. The molecule has 0 bridgehead atoms. The second-order valence-corrected chi connectivity index (χ2v) is 3.86. The van der Waals surface area contributed by atoms with Crippen LogP contribution < -0.4 is 5.73 Å². The molecule has 0 radical (unpaired) electrons. The first-order valence-corrected chi connectivity index (χ1v) is 4.87. The maximum atomic E-state index is 7.26. The topological polar surface area (TPSA) is 62.8 Å². The van der Waals surface area contributed by atoms with Crippen molar-refractivity contribution in [2.24, 2.45) is 5.73 Å². The fourth-order valence-electron chi connectivity index (χ4n) is 1.25. The lowest BCUT2D eigenvalue weighted by Crippen LogP contribution is -2.12. The van der Waals surface area contributed by atoms with Crippen molar-refractivity contribution in [3.05, 3.63) is 40.5 Å². The maximum absolute atomic E-state index is 7.26. The van der Waals surface area contributed by atoms with E-state index in [2.05, 4.69) is 20.9 Å². The van der Waals surface area contributed by atoms with Crippen molar-refractivity contribution in [3.63, 3.8) is 0 Å². The molecule has 2 aromatic rings. The highest BCUT2D eigenvalue weighted by Crippen LogP contribution is 2.18. The number of nitrogens with one attached hydrogen (secondary N) is 1. The van der Waals surface area contributed by atoms with Crippen molar-refractivity contribution in [2.45, 2.75) is 0 Å². The summed E-state index contributed by atoms with van der Waals surface area (Å²) in [5.41, 5.74) is 6.71. The van der Waals surface area contributed by atoms with Crippen molar-refractivity contribution in [1.82, 2.24) is 4.98 Å². The Bertz CT molecular complexity index is 513. The first-order chi connectivity index (χ1) is 6.66. The Hall–Kier alpha value is -1.13. The van der Waals surface area contributed by atoms with Gasteiger partial charge in [0.05, 0.1) is 5.52 Å². The Morgan fingerprint density at radius 2 is 2.00 bits per heavy atom. The van der Waals surface area contributed by atoms with Gasteiger partial charge < -0.3 is 5.73 Å². The van der Waals surface area contributed by atoms with Crippen LogP contribution in [-0.2, 0) is 0 Å². The SMILES string of the molecule is Cl.N=C(N)c1ccc2cc(Br)ccc2n1. The molecule has 0 atom stereocenters. The lowest BCUT2D eigenvalue weighted by molar-refractivity contribution is 1.31. The van der Waals surface area contributed by atoms with Crippen molar-refractivity contribution < 1.29 is 0 Å². The summed E-state index contributed by atoms with van der Waals surface area (Å²) in [5.74, 6) is -0.00480. The van der Waals surface area contributed by atoms with Crippen LogP contribution in [0.25, 0.3) is 10.9 Å². The van der Waals surface area contributed by atoms with Crippen molar-refractivity contribution in [2.75, 3.05) is 0 Å². The molecule has 0 spiro atoms. The third-order valence-electron chi connectivity index (χ3n) is 1.93. The van der Waals surface area contributed by atoms with E-state index in [1.165, 1.54) is 0 Å². The smallest absolute Gasteiger partial charge is 0.141 e. The zero-order valence-electron chi connectivity index (χ0n) is 7.70. The van der Waals surface area contributed by atoms with Crippen LogP contribution in [0.4, 0.5) is 0 Å². The molecule has 0 saturated heterocycles. The third kappa shape index (κ3) is 2.46. The zero-order valence-corrected chi connectivity index (χ0v) is 10.1. The Kier molecular flexibility index (Phi) is 3.66. The van der Waals surface area contributed by atoms with Gasteiger partial charge in [0, 0.05) is 9.86 Å². The van der Waals surface area contributed by atoms with Crippen LogP contribution in [0, 0.1) is 5.41 Å². The summed E-state index contributed by atoms with van der Waals surface area (Å²) in [4.78, 5) is 4.25. The molecule has 78 valence electrons. The Morgan fingerprint density at radius 1 is 1.27 bits per heavy atom. The van der Waals surface area contributed by atoms with Gasteiger partial charge in [0.15, 0.2) is 0 Å². The molecular weight excluding hydrogens is 277 g/mol. The average molecular weight is 287 g/mol. The van der Waals surface area contributed by atoms with E-state index in [9.17, 15) is 0 Å². The molecule has 1 aromatic heterocycles. The van der Waals surface area contributed by atoms with E-state index in [0.717, 1.165) is 15.4 Å². The number of hydrogen-bond donors (Lipinski definition) is 2. The standard InChI is InChI=1S/C10H8BrN3.ClH/c11-7-2-4-8-6(5-7)1-3-9(14-8)10(12)13;/h1-5H,(H3,12,13);1H. The third-order valence-corrected chi connectivity index (χ3v) is 2.42. The fraction of sp³-hybridized carbons (Fsp3) is 0. The van der Waals surface area contributed by atoms with Crippen LogP contribution in [-0.4, -0.2) is 10.8 Å². The normalized spacial score (nSPS) is 9.67. The predicted molar refractivity (Wildman–Crippen MR) is 67.7 cm³/mol. The molecular formula is C10H9BrClN3. The number of nitrogens with two attached hydrogens (primary N) is 1. The van der Waals surface area contributed by atoms with Crippen LogP contribution in [0.5, 0.6) is 0 Å². The van der Waals surface area contributed by atoms with E-state index in [1.54, 1.807) is 6.07 Å². The number of aromatic nitrogens is 1. The molecule has 2 rings (SSSR count). The van der Waals surface area contributed by atoms with Gasteiger partial charge in [0.25, 0.3) is 0 Å². The Labute approximate surface area is 102 Å². The van der Waals surface area contributed by atoms with Gasteiger partial charge in [-0.1, -0.05) is 22.0 Å². The number of benzene rings is 1. The zero-order chi connectivity index (χ0) is 10.1. The highest BCUT2D eigenvalue weighted by atomic mass is 79.9. The predicted octanol–water partition coefficient (Wildman–Crippen LogP) is 2.70. The number of amidine groups is 1. The molecule has 1 aromatic carbocycles. The number of rotatable bonds is 1. The highest BCUT2D eigenvalue weighted by molar-refractivity contribution is 9.10. The van der Waals surface area contributed by atoms with Gasteiger partial charge in [-0.05, 0) is 24.3 Å². The van der Waals surface area contributed by atoms with Crippen LogP contribution >= 0.6 is 28.3 Å². The molecule has 0 amide bonds. The molecule has 0 aliphatic rings. The molecule has 1 heterocycles. The molecule has 3 nitrogen and oxygen atoms in total. The molecule has 0 saturated carbocycles. The summed E-state index contributed by atoms with van der Waals surface area (Å²) in [6.07, 6.45) is 0. The van der Waals surface area contributed by atoms with E-state index in [4.69, 9.17) is 11.1 Å². The number of nitrogen functional groups attached to an aromatic ring is 1. The maximum Gasteiger partial charge on any atom is 0.141 e. The van der Waals surface area contributed by atoms with Crippen LogP contribution in [0.2, 0.25) is 0 Å². The summed E-state index contributed by atoms with van der Waals surface area (Å²) in [5, 5.41) is 8.29. The van der Waals surface area contributed by atoms with Crippen LogP contribution in [0.1, 0.15) is 5.69 Å². The lowest BCUT2D eigenvalue weighted by atomic mass is 10.2. The molecule has 15 heavy (non-hydrogen) atoms. The van der Waals surface area contributed by atoms with Gasteiger partial charge in [-0.3, -0.25) is 5.41 Å². The van der Waals surface area contributed by atoms with Gasteiger partial charge >= 0.3 is 0 Å². The average Bonchev–Trinajstić information content (AvgIpc) is 2.16. The minimum absolute atomic E-state index is 0. The van der Waals surface area contributed by atoms with Gasteiger partial charge in [0.1, 0.15) is 11.5 Å². The molecule has 5 heteroatoms.